The van der Waals surface area contributed by atoms with E-state index in [1.165, 1.54) is 74.2 Å². The molecule has 0 radical (unpaired) electrons. The average molecular weight is 1960 g/mol. The van der Waals surface area contributed by atoms with Crippen LogP contribution in [0.15, 0.2) is 114 Å². The van der Waals surface area contributed by atoms with Crippen molar-refractivity contribution in [3.05, 3.63) is 136 Å². The molecule has 0 saturated carbocycles. The summed E-state index contributed by atoms with van der Waals surface area (Å²) in [4.78, 5) is 144. The molecule has 9 fully saturated rings. The van der Waals surface area contributed by atoms with Crippen molar-refractivity contribution in [2.45, 2.75) is 147 Å². The fourth-order valence-electron chi connectivity index (χ4n) is 16.1. The Morgan fingerprint density at radius 1 is 0.359 bits per heavy atom. The molecule has 20 N–H and O–H groups in total. The molecule has 6 bridgehead atoms. The van der Waals surface area contributed by atoms with Gasteiger partial charge in [0.1, 0.15) is 132 Å². The Morgan fingerprint density at radius 3 is 1.36 bits per heavy atom. The number of aromatic nitrogens is 20. The van der Waals surface area contributed by atoms with Gasteiger partial charge < -0.3 is 120 Å². The Hall–Kier alpha value is -9.40. The predicted molar refractivity (Wildman–Crippen MR) is 424 cm³/mol. The molecule has 9 aliphatic rings. The van der Waals surface area contributed by atoms with Crippen LogP contribution in [0.25, 0.3) is 61.2 Å². The van der Waals surface area contributed by atoms with E-state index >= 15 is 0 Å². The molecule has 131 heavy (non-hydrogen) atoms. The van der Waals surface area contributed by atoms with E-state index in [0.717, 1.165) is 34.4 Å². The van der Waals surface area contributed by atoms with E-state index in [1.807, 2.05) is 0 Å². The van der Waals surface area contributed by atoms with Crippen LogP contribution in [-0.2, 0) is 110 Å². The number of ether oxygens (including phenoxy) is 6. The van der Waals surface area contributed by atoms with Gasteiger partial charge in [0.2, 0.25) is 5.65 Å². The molecule has 12 aromatic rings. The number of anilines is 3. The number of nitrogens with one attached hydrogen (secondary N) is 3. The number of phosphoric ester groups is 6. The SMILES string of the molecule is Nc1ccnc2c1ccn2[C@@H]1O[C@@H]2COP(=O)(O)O[C@@H]3CC(COP(=O)(O)O[C@H]2[C@H]1O)O[C@H]3n1cnc2c(=O)[nH]cnc21.Nc1ccnc2c1ncn2[C@@H]1O[C@@H]2COP(=O)(O)O[C@@H]3[C@H](O)[C@@H](COP(=O)(O)O[C@H]2[C@H]1O)O[C@H]3c1cnc2c(=O)[nH]cnn12.Nc1ccnc2c1ncn2[C@@H]1O[C@@H]2COP(=O)(O)O[C@@H]3[C@H](O)[C@@H](COP(=O)(O)O[C@H]2[C@H]1O)O[C@H]3n1ncc2c(=O)[nH]cnc21. The van der Waals surface area contributed by atoms with Gasteiger partial charge in [0.05, 0.1) is 107 Å². The smallest absolute Gasteiger partial charge is 0.398 e. The summed E-state index contributed by atoms with van der Waals surface area (Å²) in [7, 11) is -30.0. The number of aromatic amines is 3. The van der Waals surface area contributed by atoms with Crippen LogP contribution >= 0.6 is 46.9 Å². The number of nitrogens with zero attached hydrogens (tertiary/aromatic N) is 17. The normalized spacial score (nSPS) is 37.9. The molecule has 0 aliphatic carbocycles. The molecule has 702 valence electrons. The highest BCUT2D eigenvalue weighted by molar-refractivity contribution is 7.48. The number of fused-ring (bicyclic) bond motifs is 15. The van der Waals surface area contributed by atoms with E-state index < -0.39 is 244 Å². The van der Waals surface area contributed by atoms with Gasteiger partial charge in [0, 0.05) is 42.3 Å². The van der Waals surface area contributed by atoms with Crippen molar-refractivity contribution < 1.29 is 165 Å². The number of rotatable bonds is 6. The number of hydrogen-bond acceptors (Lipinski definition) is 46. The van der Waals surface area contributed by atoms with Crippen LogP contribution in [0.4, 0.5) is 17.1 Å². The van der Waals surface area contributed by atoms with Gasteiger partial charge in [-0.15, -0.1) is 0 Å². The van der Waals surface area contributed by atoms with Crippen LogP contribution in [-0.4, -0.2) is 296 Å². The van der Waals surface area contributed by atoms with Crippen molar-refractivity contribution in [1.82, 2.24) is 97.5 Å². The fraction of sp³-hybridized carbons (Fsp3) is 0.469. The number of imidazole rings is 4. The molecule has 9 saturated heterocycles. The molecule has 12 aromatic heterocycles. The first-order chi connectivity index (χ1) is 62.3. The van der Waals surface area contributed by atoms with E-state index in [1.54, 1.807) is 18.3 Å². The quantitative estimate of drug-likeness (QED) is 0.0767. The third-order valence-electron chi connectivity index (χ3n) is 22.1. The number of aliphatic hydroxyl groups is 5. The minimum Gasteiger partial charge on any atom is -0.398 e. The van der Waals surface area contributed by atoms with Gasteiger partial charge in [0.25, 0.3) is 16.7 Å². The van der Waals surface area contributed by atoms with E-state index in [-0.39, 0.29) is 56.9 Å². The second-order valence-electron chi connectivity index (χ2n) is 30.2. The van der Waals surface area contributed by atoms with Gasteiger partial charge in [0.15, 0.2) is 59.2 Å². The monoisotopic (exact) mass is 1960 g/mol. The molecule has 9 aliphatic heterocycles. The Kier molecular flexibility index (Phi) is 24.1. The van der Waals surface area contributed by atoms with Crippen molar-refractivity contribution in [3.8, 4) is 0 Å². The third kappa shape index (κ3) is 17.6. The number of nitrogen functional groups attached to an aromatic ring is 3. The molecule has 7 unspecified atom stereocenters. The zero-order valence-electron chi connectivity index (χ0n) is 65.9. The maximum atomic E-state index is 13.2. The molecular weight excluding hydrogens is 1880 g/mol. The van der Waals surface area contributed by atoms with E-state index in [4.69, 9.17) is 99.9 Å². The summed E-state index contributed by atoms with van der Waals surface area (Å²) in [6.07, 6.45) is -18.5. The van der Waals surface area contributed by atoms with Crippen LogP contribution in [0, 0.1) is 0 Å². The van der Waals surface area contributed by atoms with Crippen molar-refractivity contribution >= 4 is 125 Å². The molecule has 0 spiro atoms. The van der Waals surface area contributed by atoms with E-state index in [9.17, 15) is 96.7 Å². The molecule has 0 aromatic carbocycles. The minimum atomic E-state index is -5.08. The van der Waals surface area contributed by atoms with E-state index in [0.29, 0.717) is 33.4 Å². The van der Waals surface area contributed by atoms with Gasteiger partial charge in [-0.25, -0.2) is 81.4 Å². The molecule has 0 amide bonds. The summed E-state index contributed by atoms with van der Waals surface area (Å²) in [5, 5.41) is 64.0. The number of phosphoric acid groups is 6. The van der Waals surface area contributed by atoms with E-state index in [2.05, 4.69) is 70.0 Å². The Labute approximate surface area is 725 Å². The molecular formula is C64H73N23O38P6. The highest BCUT2D eigenvalue weighted by atomic mass is 31.2. The lowest BCUT2D eigenvalue weighted by Gasteiger charge is -2.25. The zero-order chi connectivity index (χ0) is 92.0. The predicted octanol–water partition coefficient (Wildman–Crippen LogP) is -2.48. The number of aliphatic hydroxyl groups excluding tert-OH is 5. The standard InChI is InChI=1S/C22H25N7O12P2.2C21H24N8O13P2/c23-12-1-3-24-18-11(12)2-4-28(18)22-16(30)17-14(39-22)7-37-42(32,33)40-13-5-10(6-36-43(34,35)41-17)38-21(13)29-9-27-15-19(29)25-8-26-20(15)31;22-9-1-2-23-18-12(9)26-7-28(18)20-14(31)15-11(40-20)5-38-44(35,36)42-16-13(30)10(4-37-43(33,34)41-15)39-21(16)29-17-8(3-27-29)19(32)25-6-24-17;22-8-1-2-23-18-12(8)26-7-28(18)21-14(31)16-11(40-21)5-38-44(35,36)42-17-13(30)10(4-37-43(33,34)41-16)39-15(17)9-3-24-19-20(32)25-6-27-29(9)19/h1-4,8-10,13-14,16-17,21-22,30H,5-7H2,(H2,23,24)(H,32,33)(H,34,35)(H,25,26,31);1-3,6-7,10-11,13-16,20-21,30-31H,4-5H2,(H2,22,23)(H,33,34)(H,35,36)(H,24,25,32);1-3,6-7,10-11,13-17,21,30-31H,4-5H2,(H2,22,23)(H,33,34)(H,35,36)(H,25,27,32)/t10?,13-,14-,16-,17-,21-,22-;10-,11-,13-,14-,15-,16-,20-,21-;10-,11-,13-,14-,15+,16-,17-,21-/m111/s1. The number of H-pyrrole nitrogens is 3. The number of hydrogen-bond donors (Lipinski definition) is 17. The van der Waals surface area contributed by atoms with Gasteiger partial charge in [-0.3, -0.25) is 82.4 Å². The highest BCUT2D eigenvalue weighted by Crippen LogP contribution is 2.59. The third-order valence-corrected chi connectivity index (χ3v) is 28.0. The van der Waals surface area contributed by atoms with Crippen LogP contribution in [0.1, 0.15) is 49.4 Å². The first-order valence-corrected chi connectivity index (χ1v) is 47.7. The van der Waals surface area contributed by atoms with Gasteiger partial charge >= 0.3 is 46.9 Å². The van der Waals surface area contributed by atoms with Crippen LogP contribution in [0.5, 0.6) is 0 Å². The van der Waals surface area contributed by atoms with Crippen LogP contribution in [0.3, 0.4) is 0 Å². The Bertz CT molecular complexity index is 6610. The second kappa shape index (κ2) is 34.8. The summed E-state index contributed by atoms with van der Waals surface area (Å²) in [6, 6.07) is 6.27. The molecule has 21 rings (SSSR count). The molecule has 61 nitrogen and oxygen atoms in total. The fourth-order valence-corrected chi connectivity index (χ4v) is 21.8. The highest BCUT2D eigenvalue weighted by Gasteiger charge is 2.59. The van der Waals surface area contributed by atoms with Gasteiger partial charge in [-0.2, -0.15) is 10.2 Å². The van der Waals surface area contributed by atoms with Crippen molar-refractivity contribution in [2.75, 3.05) is 56.8 Å². The van der Waals surface area contributed by atoms with Crippen molar-refractivity contribution in [1.29, 1.82) is 0 Å². The summed E-state index contributed by atoms with van der Waals surface area (Å²) in [6.45, 7) is -4.40. The van der Waals surface area contributed by atoms with Gasteiger partial charge in [-0.05, 0) is 24.3 Å². The summed E-state index contributed by atoms with van der Waals surface area (Å²) < 4.78 is 184. The topological polar surface area (TPSA) is 839 Å². The Morgan fingerprint density at radius 2 is 0.794 bits per heavy atom. The maximum absolute atomic E-state index is 13.2. The maximum Gasteiger partial charge on any atom is 0.472 e. The summed E-state index contributed by atoms with van der Waals surface area (Å²) in [5.41, 5.74) is 18.6. The first kappa shape index (κ1) is 90.8. The molecule has 29 atom stereocenters. The lowest BCUT2D eigenvalue weighted by Crippen LogP contribution is -2.36. The molecule has 21 heterocycles. The summed E-state index contributed by atoms with van der Waals surface area (Å²) in [5.74, 6) is 0. The minimum absolute atomic E-state index is 0.0125. The summed E-state index contributed by atoms with van der Waals surface area (Å²) >= 11 is 0. The Balaban J connectivity index is 0.000000127. The lowest BCUT2D eigenvalue weighted by atomic mass is 10.1. The van der Waals surface area contributed by atoms with Crippen LogP contribution in [0.2, 0.25) is 0 Å². The lowest BCUT2D eigenvalue weighted by molar-refractivity contribution is -0.0703. The second-order valence-corrected chi connectivity index (χ2v) is 38.7. The molecule has 67 heteroatoms. The average Bonchev–Trinajstić information content (AvgIpc) is 1.57. The van der Waals surface area contributed by atoms with Crippen LogP contribution < -0.4 is 33.9 Å². The number of nitrogens with two attached hydrogens (primary N) is 3. The van der Waals surface area contributed by atoms with Crippen molar-refractivity contribution in [2.24, 2.45) is 0 Å². The van der Waals surface area contributed by atoms with Crippen molar-refractivity contribution in [3.63, 3.8) is 0 Å². The first-order valence-electron chi connectivity index (χ1n) is 38.7. The number of pyridine rings is 3. The van der Waals surface area contributed by atoms with Gasteiger partial charge in [-0.1, -0.05) is 0 Å². The zero-order valence-corrected chi connectivity index (χ0v) is 71.3. The largest absolute Gasteiger partial charge is 0.472 e.